The Bertz CT molecular complexity index is 535. The Morgan fingerprint density at radius 2 is 2.22 bits per heavy atom. The SMILES string of the molecule is COC(=O)CCC(N)Cc1csc2ccccc12. The summed E-state index contributed by atoms with van der Waals surface area (Å²) in [5.74, 6) is -0.194. The lowest BCUT2D eigenvalue weighted by Crippen LogP contribution is -2.23. The Balaban J connectivity index is 1.98. The molecule has 0 radical (unpaired) electrons. The minimum atomic E-state index is -0.194. The molecule has 3 nitrogen and oxygen atoms in total. The average Bonchev–Trinajstić information content (AvgIpc) is 2.79. The summed E-state index contributed by atoms with van der Waals surface area (Å²) < 4.78 is 5.90. The first kappa shape index (κ1) is 13.1. The minimum Gasteiger partial charge on any atom is -0.469 e. The topological polar surface area (TPSA) is 52.3 Å². The first-order valence-corrected chi connectivity index (χ1v) is 6.86. The summed E-state index contributed by atoms with van der Waals surface area (Å²) in [4.78, 5) is 11.1. The first-order valence-electron chi connectivity index (χ1n) is 5.98. The molecule has 0 fully saturated rings. The van der Waals surface area contributed by atoms with Crippen LogP contribution < -0.4 is 5.73 Å². The molecule has 2 aromatic rings. The van der Waals surface area contributed by atoms with E-state index in [9.17, 15) is 4.79 Å². The van der Waals surface area contributed by atoms with E-state index >= 15 is 0 Å². The Morgan fingerprint density at radius 3 is 3.00 bits per heavy atom. The molecule has 1 aromatic carbocycles. The highest BCUT2D eigenvalue weighted by molar-refractivity contribution is 7.17. The van der Waals surface area contributed by atoms with Gasteiger partial charge < -0.3 is 10.5 Å². The molecule has 0 spiro atoms. The maximum atomic E-state index is 11.1. The molecular formula is C14H17NO2S. The summed E-state index contributed by atoms with van der Waals surface area (Å²) in [6.07, 6.45) is 1.86. The van der Waals surface area contributed by atoms with Crippen LogP contribution in [0.25, 0.3) is 10.1 Å². The minimum absolute atomic E-state index is 0.00195. The molecule has 1 aromatic heterocycles. The van der Waals surface area contributed by atoms with Crippen molar-refractivity contribution in [2.75, 3.05) is 7.11 Å². The number of rotatable bonds is 5. The summed E-state index contributed by atoms with van der Waals surface area (Å²) in [5, 5.41) is 3.43. The van der Waals surface area contributed by atoms with Gasteiger partial charge in [-0.25, -0.2) is 0 Å². The van der Waals surface area contributed by atoms with Crippen LogP contribution in [-0.4, -0.2) is 19.1 Å². The summed E-state index contributed by atoms with van der Waals surface area (Å²) >= 11 is 1.74. The fraction of sp³-hybridized carbons (Fsp3) is 0.357. The van der Waals surface area contributed by atoms with Crippen LogP contribution in [0.1, 0.15) is 18.4 Å². The van der Waals surface area contributed by atoms with Gasteiger partial charge in [-0.15, -0.1) is 11.3 Å². The molecule has 1 unspecified atom stereocenters. The summed E-state index contributed by atoms with van der Waals surface area (Å²) in [5.41, 5.74) is 7.33. The molecular weight excluding hydrogens is 246 g/mol. The van der Waals surface area contributed by atoms with Crippen LogP contribution in [0, 0.1) is 0 Å². The number of methoxy groups -OCH3 is 1. The largest absolute Gasteiger partial charge is 0.469 e. The fourth-order valence-electron chi connectivity index (χ4n) is 1.98. The van der Waals surface area contributed by atoms with E-state index in [1.807, 2.05) is 12.1 Å². The van der Waals surface area contributed by atoms with E-state index in [1.165, 1.54) is 22.8 Å². The number of esters is 1. The molecule has 0 saturated carbocycles. The fourth-order valence-corrected chi connectivity index (χ4v) is 2.96. The van der Waals surface area contributed by atoms with Crippen LogP contribution in [-0.2, 0) is 16.0 Å². The number of carbonyl (C=O) groups excluding carboxylic acids is 1. The Morgan fingerprint density at radius 1 is 1.44 bits per heavy atom. The van der Waals surface area contributed by atoms with Crippen molar-refractivity contribution >= 4 is 27.4 Å². The van der Waals surface area contributed by atoms with Crippen LogP contribution in [0.4, 0.5) is 0 Å². The first-order chi connectivity index (χ1) is 8.70. The van der Waals surface area contributed by atoms with E-state index in [-0.39, 0.29) is 12.0 Å². The van der Waals surface area contributed by atoms with Gasteiger partial charge in [0, 0.05) is 17.2 Å². The van der Waals surface area contributed by atoms with Crippen LogP contribution >= 0.6 is 11.3 Å². The Hall–Kier alpha value is -1.39. The van der Waals surface area contributed by atoms with Crippen molar-refractivity contribution in [3.8, 4) is 0 Å². The third-order valence-corrected chi connectivity index (χ3v) is 4.00. The molecule has 0 aliphatic rings. The van der Waals surface area contributed by atoms with Gasteiger partial charge in [-0.2, -0.15) is 0 Å². The molecule has 0 amide bonds. The van der Waals surface area contributed by atoms with Gasteiger partial charge in [0.15, 0.2) is 0 Å². The van der Waals surface area contributed by atoms with Gasteiger partial charge >= 0.3 is 5.97 Å². The van der Waals surface area contributed by atoms with E-state index in [2.05, 4.69) is 22.2 Å². The van der Waals surface area contributed by atoms with Crippen LogP contribution in [0.5, 0.6) is 0 Å². The normalized spacial score (nSPS) is 12.6. The molecule has 18 heavy (non-hydrogen) atoms. The molecule has 4 heteroatoms. The zero-order valence-electron chi connectivity index (χ0n) is 10.4. The molecule has 0 aliphatic heterocycles. The predicted octanol–water partition coefficient (Wildman–Crippen LogP) is 2.72. The highest BCUT2D eigenvalue weighted by Crippen LogP contribution is 2.26. The maximum Gasteiger partial charge on any atom is 0.305 e. The summed E-state index contributed by atoms with van der Waals surface area (Å²) in [6.45, 7) is 0. The van der Waals surface area contributed by atoms with E-state index < -0.39 is 0 Å². The number of fused-ring (bicyclic) bond motifs is 1. The second kappa shape index (κ2) is 5.98. The zero-order valence-corrected chi connectivity index (χ0v) is 11.2. The van der Waals surface area contributed by atoms with E-state index in [0.717, 1.165) is 6.42 Å². The molecule has 2 rings (SSSR count). The lowest BCUT2D eigenvalue weighted by Gasteiger charge is -2.10. The second-order valence-corrected chi connectivity index (χ2v) is 5.25. The maximum absolute atomic E-state index is 11.1. The van der Waals surface area contributed by atoms with E-state index in [4.69, 9.17) is 5.73 Å². The lowest BCUT2D eigenvalue weighted by atomic mass is 10.0. The number of nitrogens with two attached hydrogens (primary N) is 1. The molecule has 0 bridgehead atoms. The van der Waals surface area contributed by atoms with Crippen molar-refractivity contribution in [2.45, 2.75) is 25.3 Å². The Kier molecular flexibility index (Phi) is 4.33. The quantitative estimate of drug-likeness (QED) is 0.844. The van der Waals surface area contributed by atoms with Gasteiger partial charge in [0.25, 0.3) is 0 Å². The predicted molar refractivity (Wildman–Crippen MR) is 74.8 cm³/mol. The monoisotopic (exact) mass is 263 g/mol. The molecule has 0 saturated heterocycles. The highest BCUT2D eigenvalue weighted by atomic mass is 32.1. The lowest BCUT2D eigenvalue weighted by molar-refractivity contribution is -0.140. The van der Waals surface area contributed by atoms with Gasteiger partial charge in [0.05, 0.1) is 7.11 Å². The molecule has 1 heterocycles. The van der Waals surface area contributed by atoms with Gasteiger partial charge in [0.2, 0.25) is 0 Å². The van der Waals surface area contributed by atoms with Crippen LogP contribution in [0.2, 0.25) is 0 Å². The van der Waals surface area contributed by atoms with Crippen LogP contribution in [0.3, 0.4) is 0 Å². The van der Waals surface area contributed by atoms with E-state index in [1.54, 1.807) is 11.3 Å². The van der Waals surface area contributed by atoms with E-state index in [0.29, 0.717) is 12.8 Å². The van der Waals surface area contributed by atoms with Crippen LogP contribution in [0.15, 0.2) is 29.6 Å². The Labute approximate surface area is 111 Å². The number of hydrogen-bond acceptors (Lipinski definition) is 4. The molecule has 96 valence electrons. The highest BCUT2D eigenvalue weighted by Gasteiger charge is 2.10. The standard InChI is InChI=1S/C14H17NO2S/c1-17-14(16)7-6-11(15)8-10-9-18-13-5-3-2-4-12(10)13/h2-5,9,11H,6-8,15H2,1H3. The number of thiophene rings is 1. The van der Waals surface area contributed by atoms with Gasteiger partial charge in [-0.05, 0) is 35.2 Å². The van der Waals surface area contributed by atoms with Crippen molar-refractivity contribution in [1.29, 1.82) is 0 Å². The van der Waals surface area contributed by atoms with Crippen molar-refractivity contribution in [1.82, 2.24) is 0 Å². The third kappa shape index (κ3) is 3.09. The number of ether oxygens (including phenoxy) is 1. The van der Waals surface area contributed by atoms with Crippen molar-refractivity contribution in [3.05, 3.63) is 35.2 Å². The molecule has 1 atom stereocenters. The van der Waals surface area contributed by atoms with Gasteiger partial charge in [-0.1, -0.05) is 18.2 Å². The van der Waals surface area contributed by atoms with Crippen molar-refractivity contribution in [3.63, 3.8) is 0 Å². The summed E-state index contributed by atoms with van der Waals surface area (Å²) in [6, 6.07) is 8.32. The van der Waals surface area contributed by atoms with Crippen molar-refractivity contribution < 1.29 is 9.53 Å². The third-order valence-electron chi connectivity index (χ3n) is 2.99. The number of benzene rings is 1. The number of carbonyl (C=O) groups is 1. The molecule has 0 aliphatic carbocycles. The zero-order chi connectivity index (χ0) is 13.0. The van der Waals surface area contributed by atoms with Crippen molar-refractivity contribution in [2.24, 2.45) is 5.73 Å². The average molecular weight is 263 g/mol. The number of hydrogen-bond donors (Lipinski definition) is 1. The smallest absolute Gasteiger partial charge is 0.305 e. The molecule has 2 N–H and O–H groups in total. The van der Waals surface area contributed by atoms with Gasteiger partial charge in [0.1, 0.15) is 0 Å². The second-order valence-electron chi connectivity index (χ2n) is 4.34. The summed E-state index contributed by atoms with van der Waals surface area (Å²) in [7, 11) is 1.40. The van der Waals surface area contributed by atoms with Gasteiger partial charge in [-0.3, -0.25) is 4.79 Å².